The van der Waals surface area contributed by atoms with Crippen LogP contribution in [0.3, 0.4) is 0 Å². The summed E-state index contributed by atoms with van der Waals surface area (Å²) in [5.74, 6) is 0.559. The van der Waals surface area contributed by atoms with E-state index in [1.54, 1.807) is 13.2 Å². The molecule has 0 radical (unpaired) electrons. The largest absolute Gasteiger partial charge is 0.497 e. The molecule has 0 aliphatic heterocycles. The van der Waals surface area contributed by atoms with Gasteiger partial charge in [-0.25, -0.2) is 0 Å². The number of carbonyl (C=O) groups is 1. The molecule has 1 heterocycles. The molecule has 0 atom stereocenters. The average Bonchev–Trinajstić information content (AvgIpc) is 3.03. The fourth-order valence-electron chi connectivity index (χ4n) is 3.49. The molecule has 0 aliphatic carbocycles. The van der Waals surface area contributed by atoms with Crippen molar-refractivity contribution in [3.8, 4) is 17.0 Å². The minimum absolute atomic E-state index is 0.180. The van der Waals surface area contributed by atoms with Crippen molar-refractivity contribution in [1.29, 1.82) is 0 Å². The van der Waals surface area contributed by atoms with Gasteiger partial charge in [0.2, 0.25) is 0 Å². The fourth-order valence-corrected chi connectivity index (χ4v) is 3.49. The van der Waals surface area contributed by atoms with Gasteiger partial charge in [0.1, 0.15) is 5.75 Å². The Hall–Kier alpha value is -3.80. The lowest BCUT2D eigenvalue weighted by Gasteiger charge is -2.09. The predicted molar refractivity (Wildman–Crippen MR) is 116 cm³/mol. The highest BCUT2D eigenvalue weighted by atomic mass is 16.5. The van der Waals surface area contributed by atoms with Crippen molar-refractivity contribution in [3.05, 3.63) is 71.8 Å². The standard InChI is InChI=1S/C23H22N4O2/c1-14-12-16(24)5-10-19(14)22-20-13-15(4-11-21(20)26-27(22)2)23(28)25-17-6-8-18(29-3)9-7-17/h4-13H,24H2,1-3H3,(H,25,28). The van der Waals surface area contributed by atoms with Gasteiger partial charge in [0, 0.05) is 34.9 Å². The number of hydrogen-bond acceptors (Lipinski definition) is 4. The molecule has 1 aromatic heterocycles. The van der Waals surface area contributed by atoms with E-state index >= 15 is 0 Å². The number of nitrogens with one attached hydrogen (secondary N) is 1. The first-order valence-electron chi connectivity index (χ1n) is 9.25. The molecule has 6 heteroatoms. The van der Waals surface area contributed by atoms with Crippen molar-refractivity contribution in [3.63, 3.8) is 0 Å². The number of fused-ring (bicyclic) bond motifs is 1. The van der Waals surface area contributed by atoms with Gasteiger partial charge in [0.05, 0.1) is 18.3 Å². The topological polar surface area (TPSA) is 82.2 Å². The fraction of sp³-hybridized carbons (Fsp3) is 0.130. The second-order valence-electron chi connectivity index (χ2n) is 6.96. The lowest BCUT2D eigenvalue weighted by molar-refractivity contribution is 0.102. The molecule has 1 amide bonds. The van der Waals surface area contributed by atoms with Crippen molar-refractivity contribution < 1.29 is 9.53 Å². The van der Waals surface area contributed by atoms with Gasteiger partial charge in [0.25, 0.3) is 5.91 Å². The second-order valence-corrected chi connectivity index (χ2v) is 6.96. The number of carbonyl (C=O) groups excluding carboxylic acids is 1. The van der Waals surface area contributed by atoms with Gasteiger partial charge in [0.15, 0.2) is 0 Å². The maximum absolute atomic E-state index is 12.8. The highest BCUT2D eigenvalue weighted by molar-refractivity contribution is 6.07. The van der Waals surface area contributed by atoms with Crippen LogP contribution in [-0.4, -0.2) is 22.8 Å². The lowest BCUT2D eigenvalue weighted by Crippen LogP contribution is -2.11. The van der Waals surface area contributed by atoms with E-state index in [0.717, 1.165) is 39.2 Å². The molecule has 0 fully saturated rings. The van der Waals surface area contributed by atoms with Crippen molar-refractivity contribution in [1.82, 2.24) is 9.78 Å². The van der Waals surface area contributed by atoms with Crippen molar-refractivity contribution in [2.75, 3.05) is 18.2 Å². The van der Waals surface area contributed by atoms with Crippen LogP contribution in [0.15, 0.2) is 60.7 Å². The van der Waals surface area contributed by atoms with E-state index in [-0.39, 0.29) is 5.91 Å². The van der Waals surface area contributed by atoms with E-state index in [1.165, 1.54) is 0 Å². The normalized spacial score (nSPS) is 10.9. The van der Waals surface area contributed by atoms with Gasteiger partial charge >= 0.3 is 0 Å². The van der Waals surface area contributed by atoms with Crippen LogP contribution in [0.2, 0.25) is 0 Å². The third-order valence-corrected chi connectivity index (χ3v) is 4.95. The van der Waals surface area contributed by atoms with Crippen LogP contribution >= 0.6 is 0 Å². The molecule has 3 aromatic carbocycles. The third kappa shape index (κ3) is 3.52. The SMILES string of the molecule is COc1ccc(NC(=O)c2ccc3nn(C)c(-c4ccc(N)cc4C)c3c2)cc1. The zero-order chi connectivity index (χ0) is 20.5. The van der Waals surface area contributed by atoms with Crippen LogP contribution in [0.5, 0.6) is 5.75 Å². The van der Waals surface area contributed by atoms with Crippen LogP contribution < -0.4 is 15.8 Å². The van der Waals surface area contributed by atoms with E-state index in [2.05, 4.69) is 10.4 Å². The molecule has 3 N–H and O–H groups in total. The Kier molecular flexibility index (Phi) is 4.68. The zero-order valence-electron chi connectivity index (χ0n) is 16.6. The molecule has 0 saturated carbocycles. The zero-order valence-corrected chi connectivity index (χ0v) is 16.6. The number of nitrogens with zero attached hydrogens (tertiary/aromatic N) is 2. The molecule has 4 aromatic rings. The number of amides is 1. The number of nitrogens with two attached hydrogens (primary N) is 1. The van der Waals surface area contributed by atoms with Crippen LogP contribution in [0.25, 0.3) is 22.2 Å². The summed E-state index contributed by atoms with van der Waals surface area (Å²) in [5.41, 5.74) is 11.8. The molecule has 0 bridgehead atoms. The number of anilines is 2. The number of aromatic nitrogens is 2. The minimum Gasteiger partial charge on any atom is -0.497 e. The predicted octanol–water partition coefficient (Wildman–Crippen LogP) is 4.39. The van der Waals surface area contributed by atoms with E-state index < -0.39 is 0 Å². The lowest BCUT2D eigenvalue weighted by atomic mass is 10.0. The Morgan fingerprint density at radius 3 is 2.52 bits per heavy atom. The first-order chi connectivity index (χ1) is 14.0. The summed E-state index contributed by atoms with van der Waals surface area (Å²) in [6.45, 7) is 2.02. The summed E-state index contributed by atoms with van der Waals surface area (Å²) in [7, 11) is 3.51. The summed E-state index contributed by atoms with van der Waals surface area (Å²) < 4.78 is 6.99. The Balaban J connectivity index is 1.72. The van der Waals surface area contributed by atoms with Crippen LogP contribution in [0.1, 0.15) is 15.9 Å². The first kappa shape index (κ1) is 18.6. The highest BCUT2D eigenvalue weighted by Crippen LogP contribution is 2.32. The summed E-state index contributed by atoms with van der Waals surface area (Å²) in [6, 6.07) is 18.6. The summed E-state index contributed by atoms with van der Waals surface area (Å²) in [6.07, 6.45) is 0. The Bertz CT molecular complexity index is 1210. The molecule has 146 valence electrons. The molecule has 0 aliphatic rings. The molecule has 6 nitrogen and oxygen atoms in total. The number of ether oxygens (including phenoxy) is 1. The molecular weight excluding hydrogens is 364 g/mol. The van der Waals surface area contributed by atoms with Gasteiger partial charge in [-0.05, 0) is 67.1 Å². The van der Waals surface area contributed by atoms with Crippen molar-refractivity contribution >= 4 is 28.2 Å². The van der Waals surface area contributed by atoms with Crippen molar-refractivity contribution in [2.24, 2.45) is 7.05 Å². The van der Waals surface area contributed by atoms with E-state index in [9.17, 15) is 4.79 Å². The molecular formula is C23H22N4O2. The first-order valence-corrected chi connectivity index (χ1v) is 9.25. The molecule has 0 saturated heterocycles. The molecule has 0 unspecified atom stereocenters. The molecule has 0 spiro atoms. The summed E-state index contributed by atoms with van der Waals surface area (Å²) >= 11 is 0. The molecule has 29 heavy (non-hydrogen) atoms. The van der Waals surface area contributed by atoms with Crippen molar-refractivity contribution in [2.45, 2.75) is 6.92 Å². The van der Waals surface area contributed by atoms with Gasteiger partial charge < -0.3 is 15.8 Å². The van der Waals surface area contributed by atoms with Crippen LogP contribution in [0.4, 0.5) is 11.4 Å². The summed E-state index contributed by atoms with van der Waals surface area (Å²) in [5, 5.41) is 8.44. The number of hydrogen-bond donors (Lipinski definition) is 2. The summed E-state index contributed by atoms with van der Waals surface area (Å²) in [4.78, 5) is 12.8. The van der Waals surface area contributed by atoms with E-state index in [1.807, 2.05) is 73.3 Å². The Labute approximate surface area is 168 Å². The maximum atomic E-state index is 12.8. The maximum Gasteiger partial charge on any atom is 0.255 e. The number of aryl methyl sites for hydroxylation is 2. The minimum atomic E-state index is -0.180. The highest BCUT2D eigenvalue weighted by Gasteiger charge is 2.16. The van der Waals surface area contributed by atoms with E-state index in [0.29, 0.717) is 11.3 Å². The van der Waals surface area contributed by atoms with Crippen LogP contribution in [0, 0.1) is 6.92 Å². The third-order valence-electron chi connectivity index (χ3n) is 4.95. The smallest absolute Gasteiger partial charge is 0.255 e. The Morgan fingerprint density at radius 1 is 1.07 bits per heavy atom. The average molecular weight is 386 g/mol. The van der Waals surface area contributed by atoms with E-state index in [4.69, 9.17) is 10.5 Å². The molecule has 4 rings (SSSR count). The number of methoxy groups -OCH3 is 1. The van der Waals surface area contributed by atoms with Gasteiger partial charge in [-0.15, -0.1) is 0 Å². The Morgan fingerprint density at radius 2 is 1.83 bits per heavy atom. The monoisotopic (exact) mass is 386 g/mol. The second kappa shape index (κ2) is 7.31. The quantitative estimate of drug-likeness (QED) is 0.510. The van der Waals surface area contributed by atoms with Crippen LogP contribution in [-0.2, 0) is 7.05 Å². The van der Waals surface area contributed by atoms with Gasteiger partial charge in [-0.1, -0.05) is 6.07 Å². The van der Waals surface area contributed by atoms with Gasteiger partial charge in [-0.3, -0.25) is 9.48 Å². The van der Waals surface area contributed by atoms with Gasteiger partial charge in [-0.2, -0.15) is 5.10 Å². The number of benzene rings is 3. The number of rotatable bonds is 4. The number of nitrogen functional groups attached to an aromatic ring is 1.